The Labute approximate surface area is 412 Å². The maximum absolute atomic E-state index is 13.0. The number of carbonyl (C=O) groups excluding carboxylic acids is 2. The number of hydrogen-bond acceptors (Lipinski definition) is 7. The summed E-state index contributed by atoms with van der Waals surface area (Å²) in [6.45, 7) is 20.2. The fourth-order valence-corrected chi connectivity index (χ4v) is 14.0. The average molecular weight is 937 g/mol. The number of rotatable bonds is 34. The van der Waals surface area contributed by atoms with E-state index in [1.54, 1.807) is 0 Å². The highest BCUT2D eigenvalue weighted by molar-refractivity contribution is 5.77. The summed E-state index contributed by atoms with van der Waals surface area (Å²) in [6, 6.07) is 0. The van der Waals surface area contributed by atoms with Crippen LogP contribution in [-0.2, 0) is 28.5 Å². The molecule has 67 heavy (non-hydrogen) atoms. The highest BCUT2D eigenvalue weighted by Crippen LogP contribution is 2.67. The van der Waals surface area contributed by atoms with Crippen LogP contribution in [-0.4, -0.2) is 75.1 Å². The molecule has 0 radical (unpaired) electrons. The monoisotopic (exact) mass is 936 g/mol. The standard InChI is InChI=1S/C60H105NO6/c1-7-8-9-10-11-12-13-14-15-16-17-18-19-20-21-25-42-64-47-52(46-61-40-23-22-24-41-61)65-43-27-44-66-57(62)34-35-58(63)67-51-36-38-59(5)50(45-51)30-31-53-55-33-32-54(49(4)29-26-28-48(2)3)60(55,6)39-37-56(53)59/h14-15,30,48-49,51-56H,7-13,16-29,31-47H2,1-6H3/b15-14-/t49-,51+,52?,53+,54-,55+,56+,59+,60-/m1/s1. The van der Waals surface area contributed by atoms with Gasteiger partial charge in [-0.05, 0) is 149 Å². The fraction of sp³-hybridized carbons (Fsp3) is 0.900. The van der Waals surface area contributed by atoms with E-state index in [1.165, 1.54) is 160 Å². The second kappa shape index (κ2) is 30.9. The van der Waals surface area contributed by atoms with E-state index >= 15 is 0 Å². The van der Waals surface area contributed by atoms with Crippen LogP contribution in [0, 0.1) is 46.3 Å². The summed E-state index contributed by atoms with van der Waals surface area (Å²) in [7, 11) is 0. The summed E-state index contributed by atoms with van der Waals surface area (Å²) in [5.41, 5.74) is 2.26. The molecule has 9 atom stereocenters. The maximum atomic E-state index is 13.0. The molecule has 1 saturated heterocycles. The molecule has 0 bridgehead atoms. The Hall–Kier alpha value is -1.70. The zero-order valence-electron chi connectivity index (χ0n) is 44.6. The molecule has 4 aliphatic carbocycles. The Morgan fingerprint density at radius 2 is 1.43 bits per heavy atom. The number of likely N-dealkylation sites (tertiary alicyclic amines) is 1. The molecule has 0 amide bonds. The van der Waals surface area contributed by atoms with Gasteiger partial charge in [-0.15, -0.1) is 0 Å². The minimum absolute atomic E-state index is 0.0257. The van der Waals surface area contributed by atoms with Crippen LogP contribution in [0.15, 0.2) is 23.8 Å². The first-order valence-electron chi connectivity index (χ1n) is 29.1. The molecule has 7 nitrogen and oxygen atoms in total. The molecule has 0 aromatic heterocycles. The zero-order valence-corrected chi connectivity index (χ0v) is 44.6. The number of unbranched alkanes of at least 4 members (excludes halogenated alkanes) is 12. The summed E-state index contributed by atoms with van der Waals surface area (Å²) in [6.07, 6.45) is 44.1. The van der Waals surface area contributed by atoms with Crippen molar-refractivity contribution in [2.24, 2.45) is 46.3 Å². The van der Waals surface area contributed by atoms with Gasteiger partial charge in [-0.2, -0.15) is 0 Å². The molecule has 0 aromatic carbocycles. The third-order valence-corrected chi connectivity index (χ3v) is 18.0. The molecule has 7 heteroatoms. The van der Waals surface area contributed by atoms with Crippen LogP contribution in [0.2, 0.25) is 0 Å². The predicted octanol–water partition coefficient (Wildman–Crippen LogP) is 15.6. The minimum Gasteiger partial charge on any atom is -0.466 e. The SMILES string of the molecule is CCCCCCCC/C=C\CCCCCCCCOCC(CN1CCCCC1)OCCCOC(=O)CCC(=O)O[C@H]1CC[C@@]2(C)C(=CC[C@H]3[C@@H]4CC[C@H]([C@H](C)CCCC(C)C)[C@@]4(C)CC[C@@H]32)C1. The number of esters is 2. The van der Waals surface area contributed by atoms with Gasteiger partial charge in [-0.3, -0.25) is 9.59 Å². The lowest BCUT2D eigenvalue weighted by Gasteiger charge is -2.58. The molecule has 0 aromatic rings. The number of ether oxygens (including phenoxy) is 4. The lowest BCUT2D eigenvalue weighted by atomic mass is 9.47. The topological polar surface area (TPSA) is 74.3 Å². The van der Waals surface area contributed by atoms with E-state index in [0.29, 0.717) is 31.7 Å². The second-order valence-corrected chi connectivity index (χ2v) is 23.6. The average Bonchev–Trinajstić information content (AvgIpc) is 3.68. The van der Waals surface area contributed by atoms with Crippen molar-refractivity contribution in [3.05, 3.63) is 23.8 Å². The third-order valence-electron chi connectivity index (χ3n) is 18.0. The molecule has 4 fully saturated rings. The van der Waals surface area contributed by atoms with Gasteiger partial charge in [0.1, 0.15) is 6.10 Å². The van der Waals surface area contributed by atoms with Gasteiger partial charge < -0.3 is 23.8 Å². The van der Waals surface area contributed by atoms with Crippen LogP contribution in [0.4, 0.5) is 0 Å². The van der Waals surface area contributed by atoms with Gasteiger partial charge in [-0.1, -0.05) is 149 Å². The summed E-state index contributed by atoms with van der Waals surface area (Å²) in [5.74, 6) is 4.33. The number of piperidine rings is 1. The normalized spacial score (nSPS) is 28.5. The highest BCUT2D eigenvalue weighted by Gasteiger charge is 2.59. The number of allylic oxidation sites excluding steroid dienone is 3. The summed E-state index contributed by atoms with van der Waals surface area (Å²) in [4.78, 5) is 28.2. The molecule has 1 heterocycles. The van der Waals surface area contributed by atoms with Crippen LogP contribution in [0.25, 0.3) is 0 Å². The fourth-order valence-electron chi connectivity index (χ4n) is 14.0. The lowest BCUT2D eigenvalue weighted by Crippen LogP contribution is -2.51. The van der Waals surface area contributed by atoms with Crippen molar-refractivity contribution in [2.45, 2.75) is 253 Å². The third kappa shape index (κ3) is 18.8. The molecular formula is C60H105NO6. The van der Waals surface area contributed by atoms with Crippen LogP contribution in [0.1, 0.15) is 241 Å². The van der Waals surface area contributed by atoms with Crippen LogP contribution >= 0.6 is 0 Å². The van der Waals surface area contributed by atoms with Gasteiger partial charge in [0, 0.05) is 26.0 Å². The van der Waals surface area contributed by atoms with Gasteiger partial charge in [-0.25, -0.2) is 0 Å². The van der Waals surface area contributed by atoms with Gasteiger partial charge in [0.05, 0.1) is 38.8 Å². The van der Waals surface area contributed by atoms with Crippen molar-refractivity contribution >= 4 is 11.9 Å². The van der Waals surface area contributed by atoms with Crippen molar-refractivity contribution in [3.8, 4) is 0 Å². The number of carbonyl (C=O) groups is 2. The van der Waals surface area contributed by atoms with Gasteiger partial charge in [0.2, 0.25) is 0 Å². The summed E-state index contributed by atoms with van der Waals surface area (Å²) < 4.78 is 24.1. The molecule has 1 aliphatic heterocycles. The summed E-state index contributed by atoms with van der Waals surface area (Å²) >= 11 is 0. The Balaban J connectivity index is 0.905. The van der Waals surface area contributed by atoms with E-state index < -0.39 is 0 Å². The molecule has 1 unspecified atom stereocenters. The number of hydrogen-bond donors (Lipinski definition) is 0. The van der Waals surface area contributed by atoms with E-state index in [-0.39, 0.29) is 42.4 Å². The lowest BCUT2D eigenvalue weighted by molar-refractivity contribution is -0.155. The summed E-state index contributed by atoms with van der Waals surface area (Å²) in [5, 5.41) is 0. The van der Waals surface area contributed by atoms with Crippen molar-refractivity contribution < 1.29 is 28.5 Å². The first kappa shape index (κ1) is 56.2. The first-order valence-corrected chi connectivity index (χ1v) is 29.1. The van der Waals surface area contributed by atoms with Crippen molar-refractivity contribution in [1.82, 2.24) is 4.90 Å². The van der Waals surface area contributed by atoms with Crippen LogP contribution in [0.3, 0.4) is 0 Å². The van der Waals surface area contributed by atoms with Crippen LogP contribution < -0.4 is 0 Å². The molecule has 0 spiro atoms. The maximum Gasteiger partial charge on any atom is 0.306 e. The van der Waals surface area contributed by atoms with E-state index in [9.17, 15) is 9.59 Å². The zero-order chi connectivity index (χ0) is 47.7. The second-order valence-electron chi connectivity index (χ2n) is 23.6. The van der Waals surface area contributed by atoms with Gasteiger partial charge in [0.25, 0.3) is 0 Å². The Morgan fingerprint density at radius 1 is 0.731 bits per heavy atom. The Bertz CT molecular complexity index is 1440. The molecule has 0 N–H and O–H groups in total. The smallest absolute Gasteiger partial charge is 0.306 e. The predicted molar refractivity (Wildman–Crippen MR) is 278 cm³/mol. The van der Waals surface area contributed by atoms with Crippen molar-refractivity contribution in [2.75, 3.05) is 46.1 Å². The quantitative estimate of drug-likeness (QED) is 0.0361. The van der Waals surface area contributed by atoms with E-state index in [2.05, 4.69) is 64.7 Å². The number of nitrogens with zero attached hydrogens (tertiary/aromatic N) is 1. The largest absolute Gasteiger partial charge is 0.466 e. The Morgan fingerprint density at radius 3 is 2.16 bits per heavy atom. The molecular weight excluding hydrogens is 831 g/mol. The first-order chi connectivity index (χ1) is 32.5. The van der Waals surface area contributed by atoms with Crippen LogP contribution in [0.5, 0.6) is 0 Å². The van der Waals surface area contributed by atoms with E-state index in [1.807, 2.05) is 0 Å². The molecule has 3 saturated carbocycles. The van der Waals surface area contributed by atoms with Crippen molar-refractivity contribution in [1.29, 1.82) is 0 Å². The minimum atomic E-state index is -0.332. The van der Waals surface area contributed by atoms with E-state index in [0.717, 1.165) is 87.4 Å². The molecule has 386 valence electrons. The number of fused-ring (bicyclic) bond motifs is 5. The Kier molecular flexibility index (Phi) is 25.9. The van der Waals surface area contributed by atoms with Gasteiger partial charge >= 0.3 is 11.9 Å². The van der Waals surface area contributed by atoms with Gasteiger partial charge in [0.15, 0.2) is 0 Å². The molecule has 5 aliphatic rings. The van der Waals surface area contributed by atoms with Crippen molar-refractivity contribution in [3.63, 3.8) is 0 Å². The molecule has 5 rings (SSSR count). The highest BCUT2D eigenvalue weighted by atomic mass is 16.6. The van der Waals surface area contributed by atoms with E-state index in [4.69, 9.17) is 18.9 Å².